The van der Waals surface area contributed by atoms with Gasteiger partial charge >= 0.3 is 0 Å². The number of fused-ring (bicyclic) bond motifs is 1. The quantitative estimate of drug-likeness (QED) is 0.694. The van der Waals surface area contributed by atoms with Crippen LogP contribution in [0.3, 0.4) is 0 Å². The molecule has 3 nitrogen and oxygen atoms in total. The van der Waals surface area contributed by atoms with E-state index in [4.69, 9.17) is 0 Å². The number of hydrogen-bond acceptors (Lipinski definition) is 2. The molecule has 0 aliphatic rings. The van der Waals surface area contributed by atoms with Gasteiger partial charge in [0.25, 0.3) is 0 Å². The number of rotatable bonds is 5. The minimum Gasteiger partial charge on any atom is -0.338 e. The second-order valence-electron chi connectivity index (χ2n) is 5.01. The lowest BCUT2D eigenvalue weighted by atomic mass is 10.1. The molecule has 0 aliphatic heterocycles. The van der Waals surface area contributed by atoms with Crippen molar-refractivity contribution in [3.8, 4) is 11.4 Å². The van der Waals surface area contributed by atoms with Gasteiger partial charge in [-0.3, -0.25) is 0 Å². The van der Waals surface area contributed by atoms with Crippen molar-refractivity contribution in [2.24, 2.45) is 0 Å². The van der Waals surface area contributed by atoms with Crippen molar-refractivity contribution in [1.29, 1.82) is 0 Å². The van der Waals surface area contributed by atoms with Crippen molar-refractivity contribution in [2.75, 3.05) is 13.6 Å². The van der Waals surface area contributed by atoms with E-state index < -0.39 is 0 Å². The van der Waals surface area contributed by atoms with E-state index in [1.807, 2.05) is 25.2 Å². The van der Waals surface area contributed by atoms with Crippen LogP contribution >= 0.6 is 0 Å². The molecule has 0 saturated carbocycles. The van der Waals surface area contributed by atoms with Crippen molar-refractivity contribution < 1.29 is 0 Å². The molecule has 0 saturated heterocycles. The summed E-state index contributed by atoms with van der Waals surface area (Å²) in [4.78, 5) is 8.07. The minimum atomic E-state index is 0.938. The number of aromatic amines is 1. The molecule has 0 spiro atoms. The number of H-pyrrole nitrogens is 1. The third kappa shape index (κ3) is 2.73. The average molecular weight is 265 g/mol. The molecule has 3 rings (SSSR count). The maximum atomic E-state index is 4.65. The molecule has 1 heterocycles. The average Bonchev–Trinajstić information content (AvgIpc) is 2.92. The van der Waals surface area contributed by atoms with E-state index in [9.17, 15) is 0 Å². The van der Waals surface area contributed by atoms with E-state index >= 15 is 0 Å². The van der Waals surface area contributed by atoms with Gasteiger partial charge in [-0.1, -0.05) is 36.4 Å². The van der Waals surface area contributed by atoms with Crippen LogP contribution in [0.4, 0.5) is 0 Å². The Labute approximate surface area is 119 Å². The molecule has 2 aromatic carbocycles. The molecule has 0 amide bonds. The van der Waals surface area contributed by atoms with Crippen LogP contribution in [-0.2, 0) is 6.42 Å². The van der Waals surface area contributed by atoms with Crippen LogP contribution in [0.1, 0.15) is 12.0 Å². The highest BCUT2D eigenvalue weighted by Crippen LogP contribution is 2.21. The van der Waals surface area contributed by atoms with E-state index in [1.165, 1.54) is 5.56 Å². The van der Waals surface area contributed by atoms with Gasteiger partial charge in [0, 0.05) is 5.56 Å². The molecular weight excluding hydrogens is 246 g/mol. The first kappa shape index (κ1) is 12.9. The zero-order valence-electron chi connectivity index (χ0n) is 11.7. The zero-order chi connectivity index (χ0) is 13.8. The van der Waals surface area contributed by atoms with E-state index in [0.29, 0.717) is 0 Å². The van der Waals surface area contributed by atoms with Gasteiger partial charge in [-0.2, -0.15) is 0 Å². The van der Waals surface area contributed by atoms with Crippen molar-refractivity contribution >= 4 is 11.0 Å². The van der Waals surface area contributed by atoms with Crippen LogP contribution in [0.25, 0.3) is 22.4 Å². The highest BCUT2D eigenvalue weighted by Gasteiger charge is 2.05. The first-order valence-corrected chi connectivity index (χ1v) is 7.05. The second kappa shape index (κ2) is 5.88. The number of hydrogen-bond donors (Lipinski definition) is 2. The van der Waals surface area contributed by atoms with Crippen LogP contribution in [0.15, 0.2) is 48.5 Å². The number of imidazole rings is 1. The first-order valence-electron chi connectivity index (χ1n) is 7.05. The minimum absolute atomic E-state index is 0.938. The number of aromatic nitrogens is 2. The fourth-order valence-electron chi connectivity index (χ4n) is 2.41. The normalized spacial score (nSPS) is 11.1. The summed E-state index contributed by atoms with van der Waals surface area (Å²) in [5, 5.41) is 3.18. The topological polar surface area (TPSA) is 40.7 Å². The third-order valence-electron chi connectivity index (χ3n) is 3.49. The standard InChI is InChI=1S/C17H19N3/c1-18-11-5-6-13-9-10-15-16(12-13)20-17(19-15)14-7-3-2-4-8-14/h2-4,7-10,12,18H,5-6,11H2,1H3,(H,19,20). The van der Waals surface area contributed by atoms with Crippen LogP contribution in [-0.4, -0.2) is 23.6 Å². The molecule has 0 fully saturated rings. The summed E-state index contributed by atoms with van der Waals surface area (Å²) in [7, 11) is 1.99. The smallest absolute Gasteiger partial charge is 0.138 e. The van der Waals surface area contributed by atoms with Crippen LogP contribution in [0.2, 0.25) is 0 Å². The Kier molecular flexibility index (Phi) is 3.79. The summed E-state index contributed by atoms with van der Waals surface area (Å²) < 4.78 is 0. The lowest BCUT2D eigenvalue weighted by Crippen LogP contribution is -2.08. The molecule has 0 aliphatic carbocycles. The summed E-state index contributed by atoms with van der Waals surface area (Å²) in [6.07, 6.45) is 2.25. The van der Waals surface area contributed by atoms with Gasteiger partial charge in [-0.15, -0.1) is 0 Å². The molecular formula is C17H19N3. The fourth-order valence-corrected chi connectivity index (χ4v) is 2.41. The fraction of sp³-hybridized carbons (Fsp3) is 0.235. The zero-order valence-corrected chi connectivity index (χ0v) is 11.7. The van der Waals surface area contributed by atoms with Gasteiger partial charge in [0.15, 0.2) is 0 Å². The SMILES string of the molecule is CNCCCc1ccc2nc(-c3ccccc3)[nH]c2c1. The van der Waals surface area contributed by atoms with Gasteiger partial charge in [-0.25, -0.2) is 4.98 Å². The lowest BCUT2D eigenvalue weighted by Gasteiger charge is -2.00. The maximum absolute atomic E-state index is 4.65. The number of benzene rings is 2. The first-order chi connectivity index (χ1) is 9.86. The Morgan fingerprint density at radius 1 is 1.10 bits per heavy atom. The molecule has 3 heteroatoms. The molecule has 0 bridgehead atoms. The summed E-state index contributed by atoms with van der Waals surface area (Å²) in [5.74, 6) is 0.938. The van der Waals surface area contributed by atoms with Gasteiger partial charge in [0.2, 0.25) is 0 Å². The maximum Gasteiger partial charge on any atom is 0.138 e. The number of nitrogens with one attached hydrogen (secondary N) is 2. The summed E-state index contributed by atoms with van der Waals surface area (Å²) in [5.41, 5.74) is 4.63. The van der Waals surface area contributed by atoms with E-state index in [1.54, 1.807) is 0 Å². The highest BCUT2D eigenvalue weighted by atomic mass is 14.9. The Morgan fingerprint density at radius 2 is 1.95 bits per heavy atom. The van der Waals surface area contributed by atoms with E-state index in [2.05, 4.69) is 45.6 Å². The monoisotopic (exact) mass is 265 g/mol. The highest BCUT2D eigenvalue weighted by molar-refractivity contribution is 5.80. The Bertz CT molecular complexity index is 686. The molecule has 20 heavy (non-hydrogen) atoms. The number of aryl methyl sites for hydroxylation is 1. The summed E-state index contributed by atoms with van der Waals surface area (Å²) in [6.45, 7) is 1.05. The van der Waals surface area contributed by atoms with Gasteiger partial charge < -0.3 is 10.3 Å². The number of nitrogens with zero attached hydrogens (tertiary/aromatic N) is 1. The third-order valence-corrected chi connectivity index (χ3v) is 3.49. The van der Waals surface area contributed by atoms with Crippen molar-refractivity contribution in [3.05, 3.63) is 54.1 Å². The van der Waals surface area contributed by atoms with Crippen LogP contribution < -0.4 is 5.32 Å². The predicted octanol–water partition coefficient (Wildman–Crippen LogP) is 3.38. The largest absolute Gasteiger partial charge is 0.338 e. The summed E-state index contributed by atoms with van der Waals surface area (Å²) in [6, 6.07) is 16.7. The van der Waals surface area contributed by atoms with Crippen molar-refractivity contribution in [3.63, 3.8) is 0 Å². The van der Waals surface area contributed by atoms with Gasteiger partial charge in [-0.05, 0) is 44.1 Å². The molecule has 0 atom stereocenters. The van der Waals surface area contributed by atoms with Crippen LogP contribution in [0.5, 0.6) is 0 Å². The van der Waals surface area contributed by atoms with Crippen molar-refractivity contribution in [2.45, 2.75) is 12.8 Å². The lowest BCUT2D eigenvalue weighted by molar-refractivity contribution is 0.725. The molecule has 102 valence electrons. The Hall–Kier alpha value is -2.13. The van der Waals surface area contributed by atoms with Gasteiger partial charge in [0.05, 0.1) is 11.0 Å². The van der Waals surface area contributed by atoms with Crippen molar-refractivity contribution in [1.82, 2.24) is 15.3 Å². The molecule has 3 aromatic rings. The summed E-state index contributed by atoms with van der Waals surface area (Å²) >= 11 is 0. The van der Waals surface area contributed by atoms with Crippen LogP contribution in [0, 0.1) is 0 Å². The predicted molar refractivity (Wildman–Crippen MR) is 83.8 cm³/mol. The second-order valence-corrected chi connectivity index (χ2v) is 5.01. The molecule has 0 radical (unpaired) electrons. The Morgan fingerprint density at radius 3 is 2.75 bits per heavy atom. The Balaban J connectivity index is 1.88. The van der Waals surface area contributed by atoms with E-state index in [-0.39, 0.29) is 0 Å². The molecule has 2 N–H and O–H groups in total. The van der Waals surface area contributed by atoms with E-state index in [0.717, 1.165) is 41.8 Å². The van der Waals surface area contributed by atoms with Gasteiger partial charge in [0.1, 0.15) is 5.82 Å². The molecule has 0 unspecified atom stereocenters. The molecule has 1 aromatic heterocycles.